The van der Waals surface area contributed by atoms with Gasteiger partial charge < -0.3 is 10.4 Å². The lowest BCUT2D eigenvalue weighted by Gasteiger charge is -2.16. The molecule has 0 aliphatic rings. The van der Waals surface area contributed by atoms with Crippen LogP contribution in [0, 0.1) is 0 Å². The van der Waals surface area contributed by atoms with E-state index in [1.165, 1.54) is 16.3 Å². The molecule has 0 aliphatic heterocycles. The summed E-state index contributed by atoms with van der Waals surface area (Å²) in [5.74, 6) is 0. The van der Waals surface area contributed by atoms with Gasteiger partial charge in [0.15, 0.2) is 0 Å². The maximum atomic E-state index is 9.07. The van der Waals surface area contributed by atoms with E-state index >= 15 is 0 Å². The summed E-state index contributed by atoms with van der Waals surface area (Å²) in [6.07, 6.45) is 0. The van der Waals surface area contributed by atoms with Gasteiger partial charge in [-0.2, -0.15) is 0 Å². The van der Waals surface area contributed by atoms with Crippen LogP contribution in [0.3, 0.4) is 0 Å². The van der Waals surface area contributed by atoms with E-state index in [2.05, 4.69) is 54.7 Å². The zero-order valence-corrected chi connectivity index (χ0v) is 12.1. The van der Waals surface area contributed by atoms with Crippen LogP contribution in [0.25, 0.3) is 10.8 Å². The van der Waals surface area contributed by atoms with E-state index in [4.69, 9.17) is 5.11 Å². The predicted molar refractivity (Wildman–Crippen MR) is 88.4 cm³/mol. The number of hydrogen-bond acceptors (Lipinski definition) is 2. The summed E-state index contributed by atoms with van der Waals surface area (Å²) in [5.41, 5.74) is 3.26. The van der Waals surface area contributed by atoms with Crippen LogP contribution < -0.4 is 5.32 Å². The number of nitrogens with one attached hydrogen (secondary N) is 1. The van der Waals surface area contributed by atoms with Gasteiger partial charge in [0.25, 0.3) is 0 Å². The minimum atomic E-state index is 0.0838. The summed E-state index contributed by atoms with van der Waals surface area (Å²) in [7, 11) is 0. The minimum absolute atomic E-state index is 0.0838. The van der Waals surface area contributed by atoms with Crippen LogP contribution in [0.4, 0.5) is 5.69 Å². The molecule has 1 atom stereocenters. The van der Waals surface area contributed by atoms with Gasteiger partial charge >= 0.3 is 0 Å². The second-order valence-corrected chi connectivity index (χ2v) is 5.33. The summed E-state index contributed by atoms with van der Waals surface area (Å²) in [4.78, 5) is 0. The Balaban J connectivity index is 1.80. The first-order valence-corrected chi connectivity index (χ1v) is 7.21. The van der Waals surface area contributed by atoms with Crippen molar-refractivity contribution in [2.24, 2.45) is 0 Å². The van der Waals surface area contributed by atoms with Gasteiger partial charge in [-0.15, -0.1) is 0 Å². The molecular formula is C19H19NO. The van der Waals surface area contributed by atoms with E-state index < -0.39 is 0 Å². The van der Waals surface area contributed by atoms with Crippen molar-refractivity contribution in [1.82, 2.24) is 0 Å². The Morgan fingerprint density at radius 2 is 1.62 bits per heavy atom. The fourth-order valence-electron chi connectivity index (χ4n) is 2.52. The van der Waals surface area contributed by atoms with Crippen molar-refractivity contribution in [3.8, 4) is 0 Å². The number of rotatable bonds is 4. The Hall–Kier alpha value is -2.32. The van der Waals surface area contributed by atoms with Gasteiger partial charge in [0.1, 0.15) is 0 Å². The highest BCUT2D eigenvalue weighted by atomic mass is 16.3. The minimum Gasteiger partial charge on any atom is -0.392 e. The molecule has 2 heteroatoms. The molecule has 21 heavy (non-hydrogen) atoms. The van der Waals surface area contributed by atoms with E-state index in [9.17, 15) is 0 Å². The van der Waals surface area contributed by atoms with Crippen LogP contribution in [0.2, 0.25) is 0 Å². The number of hydrogen-bond donors (Lipinski definition) is 2. The zero-order valence-electron chi connectivity index (χ0n) is 12.1. The topological polar surface area (TPSA) is 32.3 Å². The SMILES string of the molecule is CC(Nc1ccc(CO)cc1)c1ccc2ccccc2c1. The normalized spacial score (nSPS) is 12.3. The van der Waals surface area contributed by atoms with Crippen LogP contribution >= 0.6 is 0 Å². The molecule has 0 aliphatic carbocycles. The summed E-state index contributed by atoms with van der Waals surface area (Å²) >= 11 is 0. The van der Waals surface area contributed by atoms with E-state index in [-0.39, 0.29) is 12.6 Å². The molecule has 0 aromatic heterocycles. The fourth-order valence-corrected chi connectivity index (χ4v) is 2.52. The van der Waals surface area contributed by atoms with Crippen molar-refractivity contribution in [1.29, 1.82) is 0 Å². The van der Waals surface area contributed by atoms with Gasteiger partial charge in [0.2, 0.25) is 0 Å². The number of anilines is 1. The third-order valence-corrected chi connectivity index (χ3v) is 3.79. The zero-order chi connectivity index (χ0) is 14.7. The maximum absolute atomic E-state index is 9.07. The van der Waals surface area contributed by atoms with E-state index in [0.29, 0.717) is 0 Å². The summed E-state index contributed by atoms with van der Waals surface area (Å²) < 4.78 is 0. The molecule has 0 amide bonds. The molecule has 0 fully saturated rings. The molecule has 0 heterocycles. The molecule has 2 N–H and O–H groups in total. The van der Waals surface area contributed by atoms with E-state index in [0.717, 1.165) is 11.3 Å². The second kappa shape index (κ2) is 5.98. The molecule has 0 saturated heterocycles. The lowest BCUT2D eigenvalue weighted by Crippen LogP contribution is -2.06. The first kappa shape index (κ1) is 13.7. The third-order valence-electron chi connectivity index (χ3n) is 3.79. The van der Waals surface area contributed by atoms with Crippen molar-refractivity contribution in [2.75, 3.05) is 5.32 Å². The first-order chi connectivity index (χ1) is 10.3. The third kappa shape index (κ3) is 3.06. The molecule has 0 spiro atoms. The van der Waals surface area contributed by atoms with Gasteiger partial charge in [-0.1, -0.05) is 48.5 Å². The average molecular weight is 277 g/mol. The molecule has 3 rings (SSSR count). The molecule has 3 aromatic rings. The van der Waals surface area contributed by atoms with Crippen molar-refractivity contribution >= 4 is 16.5 Å². The lowest BCUT2D eigenvalue weighted by atomic mass is 10.0. The van der Waals surface area contributed by atoms with Gasteiger partial charge in [-0.05, 0) is 47.0 Å². The van der Waals surface area contributed by atoms with E-state index in [1.807, 2.05) is 24.3 Å². The molecule has 0 saturated carbocycles. The lowest BCUT2D eigenvalue weighted by molar-refractivity contribution is 0.282. The first-order valence-electron chi connectivity index (χ1n) is 7.21. The fraction of sp³-hybridized carbons (Fsp3) is 0.158. The molecule has 2 nitrogen and oxygen atoms in total. The average Bonchev–Trinajstić information content (AvgIpc) is 2.55. The van der Waals surface area contributed by atoms with Crippen LogP contribution in [0.15, 0.2) is 66.7 Å². The standard InChI is InChI=1S/C19H19NO/c1-14(20-19-10-6-15(13-21)7-11-19)17-9-8-16-4-2-3-5-18(16)12-17/h2-12,14,20-21H,13H2,1H3. The number of fused-ring (bicyclic) bond motifs is 1. The van der Waals surface area contributed by atoms with Crippen LogP contribution in [-0.4, -0.2) is 5.11 Å². The molecule has 106 valence electrons. The van der Waals surface area contributed by atoms with Gasteiger partial charge in [-0.25, -0.2) is 0 Å². The monoisotopic (exact) mass is 277 g/mol. The molecule has 3 aromatic carbocycles. The van der Waals surface area contributed by atoms with Crippen LogP contribution in [0.5, 0.6) is 0 Å². The smallest absolute Gasteiger partial charge is 0.0681 e. The van der Waals surface area contributed by atoms with Crippen LogP contribution in [-0.2, 0) is 6.61 Å². The van der Waals surface area contributed by atoms with Gasteiger partial charge in [-0.3, -0.25) is 0 Å². The summed E-state index contributed by atoms with van der Waals surface area (Å²) in [6.45, 7) is 2.24. The van der Waals surface area contributed by atoms with E-state index in [1.54, 1.807) is 0 Å². The van der Waals surface area contributed by atoms with Crippen LogP contribution in [0.1, 0.15) is 24.1 Å². The Labute approximate surface area is 125 Å². The Kier molecular flexibility index (Phi) is 3.89. The quantitative estimate of drug-likeness (QED) is 0.735. The van der Waals surface area contributed by atoms with Gasteiger partial charge in [0, 0.05) is 11.7 Å². The molecule has 0 radical (unpaired) electrons. The van der Waals surface area contributed by atoms with Gasteiger partial charge in [0.05, 0.1) is 6.61 Å². The number of aliphatic hydroxyl groups is 1. The van der Waals surface area contributed by atoms with Crippen molar-refractivity contribution in [3.63, 3.8) is 0 Å². The Bertz CT molecular complexity index is 734. The van der Waals surface area contributed by atoms with Crippen molar-refractivity contribution < 1.29 is 5.11 Å². The largest absolute Gasteiger partial charge is 0.392 e. The molecule has 1 unspecified atom stereocenters. The molecule has 0 bridgehead atoms. The maximum Gasteiger partial charge on any atom is 0.0681 e. The number of benzene rings is 3. The molecular weight excluding hydrogens is 258 g/mol. The van der Waals surface area contributed by atoms with Crippen molar-refractivity contribution in [2.45, 2.75) is 19.6 Å². The predicted octanol–water partition coefficient (Wildman–Crippen LogP) is 4.51. The summed E-state index contributed by atoms with van der Waals surface area (Å²) in [6, 6.07) is 23.1. The number of aliphatic hydroxyl groups excluding tert-OH is 1. The Morgan fingerprint density at radius 1 is 0.905 bits per heavy atom. The highest BCUT2D eigenvalue weighted by Crippen LogP contribution is 2.23. The second-order valence-electron chi connectivity index (χ2n) is 5.33. The Morgan fingerprint density at radius 3 is 2.33 bits per heavy atom. The van der Waals surface area contributed by atoms with Crippen molar-refractivity contribution in [3.05, 3.63) is 77.9 Å². The highest BCUT2D eigenvalue weighted by molar-refractivity contribution is 5.83. The highest BCUT2D eigenvalue weighted by Gasteiger charge is 2.06. The summed E-state index contributed by atoms with van der Waals surface area (Å²) in [5, 5.41) is 15.1.